The number of nitrogens with one attached hydrogen (secondary N) is 2. The minimum atomic E-state index is -0.303. The summed E-state index contributed by atoms with van der Waals surface area (Å²) in [7, 11) is 0. The second kappa shape index (κ2) is 10.3. The number of carbonyl (C=O) groups is 1. The molecule has 0 saturated heterocycles. The summed E-state index contributed by atoms with van der Waals surface area (Å²) in [5.74, 6) is 0.424. The average molecular weight is 496 g/mol. The van der Waals surface area contributed by atoms with Crippen molar-refractivity contribution in [3.8, 4) is 16.3 Å². The molecule has 1 amide bonds. The number of para-hydroxylation sites is 1. The lowest BCUT2D eigenvalue weighted by molar-refractivity contribution is 0.0977. The zero-order valence-corrected chi connectivity index (χ0v) is 20.5. The first-order valence-corrected chi connectivity index (χ1v) is 12.1. The van der Waals surface area contributed by atoms with Gasteiger partial charge in [0, 0.05) is 16.8 Å². The SMILES string of the molecule is CCC(C)Oc1ccc(C(=O)NC(=S)Nc2ccc(Cl)c(-c3nc4ccccc4s3)c2)cc1. The molecular weight excluding hydrogens is 474 g/mol. The minimum Gasteiger partial charge on any atom is -0.491 e. The molecule has 4 rings (SSSR count). The molecule has 1 atom stereocenters. The first kappa shape index (κ1) is 23.2. The van der Waals surface area contributed by atoms with Crippen LogP contribution in [0.15, 0.2) is 66.7 Å². The highest BCUT2D eigenvalue weighted by Crippen LogP contribution is 2.35. The van der Waals surface area contributed by atoms with Gasteiger partial charge in [-0.1, -0.05) is 30.7 Å². The zero-order chi connectivity index (χ0) is 23.4. The standard InChI is InChI=1S/C25H22ClN3O2S2/c1-3-15(2)31-18-11-8-16(9-12-18)23(30)29-25(32)27-17-10-13-20(26)19(14-17)24-28-21-6-4-5-7-22(21)33-24/h4-15H,3H2,1-2H3,(H2,27,29,30,32). The minimum absolute atomic E-state index is 0.119. The van der Waals surface area contributed by atoms with Gasteiger partial charge in [-0.3, -0.25) is 10.1 Å². The van der Waals surface area contributed by atoms with Crippen molar-refractivity contribution in [1.29, 1.82) is 0 Å². The number of thiazole rings is 1. The van der Waals surface area contributed by atoms with Crippen LogP contribution in [-0.4, -0.2) is 22.1 Å². The molecule has 0 fully saturated rings. The second-order valence-corrected chi connectivity index (χ2v) is 9.30. The highest BCUT2D eigenvalue weighted by atomic mass is 35.5. The molecule has 0 aliphatic rings. The third kappa shape index (κ3) is 5.68. The quantitative estimate of drug-likeness (QED) is 0.284. The predicted octanol–water partition coefficient (Wildman–Crippen LogP) is 6.92. The number of hydrogen-bond donors (Lipinski definition) is 2. The number of aromatic nitrogens is 1. The molecule has 0 aliphatic heterocycles. The van der Waals surface area contributed by atoms with Gasteiger partial charge in [0.25, 0.3) is 5.91 Å². The number of amides is 1. The number of thiocarbonyl (C=S) groups is 1. The van der Waals surface area contributed by atoms with Gasteiger partial charge in [-0.25, -0.2) is 4.98 Å². The molecule has 5 nitrogen and oxygen atoms in total. The summed E-state index contributed by atoms with van der Waals surface area (Å²) < 4.78 is 6.84. The maximum Gasteiger partial charge on any atom is 0.257 e. The van der Waals surface area contributed by atoms with Crippen LogP contribution in [0.1, 0.15) is 30.6 Å². The van der Waals surface area contributed by atoms with Gasteiger partial charge in [-0.05, 0) is 80.2 Å². The number of rotatable bonds is 6. The van der Waals surface area contributed by atoms with Crippen molar-refractivity contribution in [2.45, 2.75) is 26.4 Å². The van der Waals surface area contributed by atoms with E-state index in [2.05, 4.69) is 22.5 Å². The van der Waals surface area contributed by atoms with Gasteiger partial charge in [0.15, 0.2) is 5.11 Å². The molecule has 168 valence electrons. The number of halogens is 1. The molecule has 0 saturated carbocycles. The molecule has 1 aromatic heterocycles. The van der Waals surface area contributed by atoms with Crippen LogP contribution >= 0.6 is 35.2 Å². The highest BCUT2D eigenvalue weighted by molar-refractivity contribution is 7.80. The smallest absolute Gasteiger partial charge is 0.257 e. The second-order valence-electron chi connectivity index (χ2n) is 7.45. The molecule has 1 heterocycles. The van der Waals surface area contributed by atoms with E-state index in [1.54, 1.807) is 47.7 Å². The van der Waals surface area contributed by atoms with Crippen LogP contribution in [0, 0.1) is 0 Å². The molecule has 1 unspecified atom stereocenters. The molecule has 2 N–H and O–H groups in total. The summed E-state index contributed by atoms with van der Waals surface area (Å²) in [6.45, 7) is 4.06. The summed E-state index contributed by atoms with van der Waals surface area (Å²) in [4.78, 5) is 17.2. The van der Waals surface area contributed by atoms with Crippen LogP contribution < -0.4 is 15.4 Å². The summed E-state index contributed by atoms with van der Waals surface area (Å²) >= 11 is 13.4. The van der Waals surface area contributed by atoms with Crippen LogP contribution in [0.25, 0.3) is 20.8 Å². The van der Waals surface area contributed by atoms with E-state index in [4.69, 9.17) is 28.6 Å². The first-order valence-electron chi connectivity index (χ1n) is 10.5. The maximum atomic E-state index is 12.6. The van der Waals surface area contributed by atoms with E-state index in [0.29, 0.717) is 16.3 Å². The van der Waals surface area contributed by atoms with E-state index >= 15 is 0 Å². The molecule has 33 heavy (non-hydrogen) atoms. The van der Waals surface area contributed by atoms with Crippen LogP contribution in [0.3, 0.4) is 0 Å². The number of hydrogen-bond acceptors (Lipinski definition) is 5. The summed E-state index contributed by atoms with van der Waals surface area (Å²) in [5.41, 5.74) is 2.92. The third-order valence-corrected chi connectivity index (χ3v) is 6.61. The van der Waals surface area contributed by atoms with Crippen molar-refractivity contribution in [1.82, 2.24) is 10.3 Å². The van der Waals surface area contributed by atoms with Gasteiger partial charge >= 0.3 is 0 Å². The Labute approximate surface area is 206 Å². The highest BCUT2D eigenvalue weighted by Gasteiger charge is 2.13. The summed E-state index contributed by atoms with van der Waals surface area (Å²) in [6, 6.07) is 20.4. The molecular formula is C25H22ClN3O2S2. The molecule has 3 aromatic carbocycles. The Balaban J connectivity index is 1.43. The van der Waals surface area contributed by atoms with Gasteiger partial charge in [0.1, 0.15) is 10.8 Å². The molecule has 8 heteroatoms. The van der Waals surface area contributed by atoms with Crippen molar-refractivity contribution >= 4 is 62.1 Å². The number of ether oxygens (including phenoxy) is 1. The van der Waals surface area contributed by atoms with E-state index in [1.807, 2.05) is 37.3 Å². The lowest BCUT2D eigenvalue weighted by Crippen LogP contribution is -2.34. The van der Waals surface area contributed by atoms with Crippen molar-refractivity contribution in [2.75, 3.05) is 5.32 Å². The Hall–Kier alpha value is -3.00. The first-order chi connectivity index (χ1) is 15.9. The van der Waals surface area contributed by atoms with E-state index in [0.717, 1.165) is 33.0 Å². The number of nitrogens with zero attached hydrogens (tertiary/aromatic N) is 1. The van der Waals surface area contributed by atoms with Crippen LogP contribution in [-0.2, 0) is 0 Å². The Morgan fingerprint density at radius 2 is 1.91 bits per heavy atom. The fourth-order valence-electron chi connectivity index (χ4n) is 3.09. The largest absolute Gasteiger partial charge is 0.491 e. The van der Waals surface area contributed by atoms with E-state index in [-0.39, 0.29) is 17.1 Å². The summed E-state index contributed by atoms with van der Waals surface area (Å²) in [6.07, 6.45) is 1.03. The average Bonchev–Trinajstić information content (AvgIpc) is 3.24. The number of carbonyl (C=O) groups excluding carboxylic acids is 1. The zero-order valence-electron chi connectivity index (χ0n) is 18.1. The number of benzene rings is 3. The Bertz CT molecular complexity index is 1270. The topological polar surface area (TPSA) is 63.2 Å². The Kier molecular flexibility index (Phi) is 7.23. The normalized spacial score (nSPS) is 11.7. The fourth-order valence-corrected chi connectivity index (χ4v) is 4.56. The van der Waals surface area contributed by atoms with Gasteiger partial charge in [0.2, 0.25) is 0 Å². The Morgan fingerprint density at radius 3 is 2.64 bits per heavy atom. The van der Waals surface area contributed by atoms with Gasteiger partial charge in [-0.15, -0.1) is 11.3 Å². The van der Waals surface area contributed by atoms with Crippen molar-refractivity contribution in [3.05, 3.63) is 77.3 Å². The molecule has 0 bridgehead atoms. The molecule has 0 aliphatic carbocycles. The van der Waals surface area contributed by atoms with E-state index < -0.39 is 0 Å². The van der Waals surface area contributed by atoms with E-state index in [9.17, 15) is 4.79 Å². The van der Waals surface area contributed by atoms with Gasteiger partial charge in [-0.2, -0.15) is 0 Å². The van der Waals surface area contributed by atoms with Crippen molar-refractivity contribution in [2.24, 2.45) is 0 Å². The molecule has 4 aromatic rings. The van der Waals surface area contributed by atoms with Gasteiger partial charge in [0.05, 0.1) is 21.3 Å². The fraction of sp³-hybridized carbons (Fsp3) is 0.160. The van der Waals surface area contributed by atoms with Gasteiger partial charge < -0.3 is 10.1 Å². The monoisotopic (exact) mass is 495 g/mol. The van der Waals surface area contributed by atoms with Crippen LogP contribution in [0.5, 0.6) is 5.75 Å². The Morgan fingerprint density at radius 1 is 1.15 bits per heavy atom. The van der Waals surface area contributed by atoms with Crippen molar-refractivity contribution in [3.63, 3.8) is 0 Å². The third-order valence-electron chi connectivity index (χ3n) is 5.00. The lowest BCUT2D eigenvalue weighted by Gasteiger charge is -2.13. The maximum absolute atomic E-state index is 12.6. The summed E-state index contributed by atoms with van der Waals surface area (Å²) in [5, 5.41) is 7.36. The van der Waals surface area contributed by atoms with Crippen LogP contribution in [0.4, 0.5) is 5.69 Å². The van der Waals surface area contributed by atoms with E-state index in [1.165, 1.54) is 0 Å². The molecule has 0 radical (unpaired) electrons. The lowest BCUT2D eigenvalue weighted by atomic mass is 10.2. The molecule has 0 spiro atoms. The van der Waals surface area contributed by atoms with Crippen molar-refractivity contribution < 1.29 is 9.53 Å². The number of anilines is 1. The predicted molar refractivity (Wildman–Crippen MR) is 141 cm³/mol. The number of fused-ring (bicyclic) bond motifs is 1. The van der Waals surface area contributed by atoms with Crippen LogP contribution in [0.2, 0.25) is 5.02 Å².